The zero-order valence-electron chi connectivity index (χ0n) is 12.9. The van der Waals surface area contributed by atoms with Crippen molar-refractivity contribution >= 4 is 0 Å². The molecule has 2 aliphatic carbocycles. The molecule has 0 aromatic heterocycles. The third kappa shape index (κ3) is 3.52. The molecule has 0 heterocycles. The van der Waals surface area contributed by atoms with Gasteiger partial charge in [0, 0.05) is 5.92 Å². The third-order valence-electron chi connectivity index (χ3n) is 5.77. The first kappa shape index (κ1) is 16.2. The topological polar surface area (TPSA) is 20.2 Å². The standard InChI is InChI=1S/C17H30F2O/c1-3-4-12-5-7-13(8-6-12)15-10-9-14(11(2)20)16(18)17(15)19/h11-17,20H,3-10H2,1-2H3. The van der Waals surface area contributed by atoms with E-state index in [1.165, 1.54) is 25.7 Å². The van der Waals surface area contributed by atoms with Crippen LogP contribution in [0.25, 0.3) is 0 Å². The van der Waals surface area contributed by atoms with E-state index in [1.54, 1.807) is 6.92 Å². The van der Waals surface area contributed by atoms with Crippen LogP contribution in [0.1, 0.15) is 65.2 Å². The van der Waals surface area contributed by atoms with E-state index in [2.05, 4.69) is 6.92 Å². The van der Waals surface area contributed by atoms with E-state index in [0.29, 0.717) is 12.3 Å². The smallest absolute Gasteiger partial charge is 0.137 e. The highest BCUT2D eigenvalue weighted by Crippen LogP contribution is 2.44. The van der Waals surface area contributed by atoms with Crippen molar-refractivity contribution < 1.29 is 13.9 Å². The summed E-state index contributed by atoms with van der Waals surface area (Å²) in [6.45, 7) is 3.80. The van der Waals surface area contributed by atoms with Crippen LogP contribution in [0.15, 0.2) is 0 Å². The van der Waals surface area contributed by atoms with E-state index < -0.39 is 24.4 Å². The summed E-state index contributed by atoms with van der Waals surface area (Å²) in [7, 11) is 0. The van der Waals surface area contributed by atoms with Crippen LogP contribution in [0.3, 0.4) is 0 Å². The second-order valence-electron chi connectivity index (χ2n) is 7.10. The molecule has 0 saturated heterocycles. The first-order chi connectivity index (χ1) is 9.54. The lowest BCUT2D eigenvalue weighted by Gasteiger charge is -2.42. The van der Waals surface area contributed by atoms with E-state index in [0.717, 1.165) is 25.2 Å². The molecule has 2 saturated carbocycles. The fraction of sp³-hybridized carbons (Fsp3) is 1.00. The average Bonchev–Trinajstić information content (AvgIpc) is 2.43. The third-order valence-corrected chi connectivity index (χ3v) is 5.77. The Kier molecular flexibility index (Phi) is 5.83. The van der Waals surface area contributed by atoms with Gasteiger partial charge in [0.05, 0.1) is 6.10 Å². The number of halogens is 2. The van der Waals surface area contributed by atoms with Gasteiger partial charge in [-0.15, -0.1) is 0 Å². The zero-order valence-corrected chi connectivity index (χ0v) is 12.9. The number of aliphatic hydroxyl groups excluding tert-OH is 1. The molecule has 1 N–H and O–H groups in total. The van der Waals surface area contributed by atoms with Gasteiger partial charge in [0.1, 0.15) is 12.3 Å². The molecule has 0 radical (unpaired) electrons. The molecule has 0 aliphatic heterocycles. The van der Waals surface area contributed by atoms with Gasteiger partial charge in [-0.25, -0.2) is 8.78 Å². The predicted octanol–water partition coefficient (Wildman–Crippen LogP) is 4.68. The molecule has 0 aromatic rings. The highest BCUT2D eigenvalue weighted by Gasteiger charge is 2.45. The first-order valence-corrected chi connectivity index (χ1v) is 8.50. The molecule has 3 heteroatoms. The lowest BCUT2D eigenvalue weighted by Crippen LogP contribution is -2.45. The van der Waals surface area contributed by atoms with Gasteiger partial charge in [-0.3, -0.25) is 0 Å². The van der Waals surface area contributed by atoms with Gasteiger partial charge < -0.3 is 5.11 Å². The highest BCUT2D eigenvalue weighted by atomic mass is 19.2. The van der Waals surface area contributed by atoms with Crippen molar-refractivity contribution in [3.63, 3.8) is 0 Å². The van der Waals surface area contributed by atoms with Crippen LogP contribution >= 0.6 is 0 Å². The van der Waals surface area contributed by atoms with Gasteiger partial charge in [0.15, 0.2) is 0 Å². The molecule has 5 unspecified atom stereocenters. The fourth-order valence-corrected chi connectivity index (χ4v) is 4.49. The van der Waals surface area contributed by atoms with Crippen molar-refractivity contribution in [3.05, 3.63) is 0 Å². The molecule has 118 valence electrons. The SMILES string of the molecule is CCCC1CCC(C2CCC(C(C)O)C(F)C2F)CC1. The van der Waals surface area contributed by atoms with Gasteiger partial charge in [0.2, 0.25) is 0 Å². The summed E-state index contributed by atoms with van der Waals surface area (Å²) >= 11 is 0. The highest BCUT2D eigenvalue weighted by molar-refractivity contribution is 4.93. The largest absolute Gasteiger partial charge is 0.393 e. The Morgan fingerprint density at radius 3 is 2.20 bits per heavy atom. The maximum absolute atomic E-state index is 14.4. The van der Waals surface area contributed by atoms with Crippen LogP contribution in [-0.2, 0) is 0 Å². The van der Waals surface area contributed by atoms with Crippen molar-refractivity contribution in [1.82, 2.24) is 0 Å². The summed E-state index contributed by atoms with van der Waals surface area (Å²) in [6.07, 6.45) is 4.86. The van der Waals surface area contributed by atoms with Gasteiger partial charge in [-0.2, -0.15) is 0 Å². The molecule has 1 nitrogen and oxygen atoms in total. The van der Waals surface area contributed by atoms with Gasteiger partial charge >= 0.3 is 0 Å². The molecule has 0 bridgehead atoms. The van der Waals surface area contributed by atoms with E-state index in [9.17, 15) is 13.9 Å². The molecule has 2 aliphatic rings. The van der Waals surface area contributed by atoms with E-state index in [4.69, 9.17) is 0 Å². The summed E-state index contributed by atoms with van der Waals surface area (Å²) < 4.78 is 28.6. The van der Waals surface area contributed by atoms with Crippen molar-refractivity contribution in [2.75, 3.05) is 0 Å². The molecule has 5 atom stereocenters. The Hall–Kier alpha value is -0.180. The molecule has 0 aromatic carbocycles. The molecule has 0 spiro atoms. The lowest BCUT2D eigenvalue weighted by atomic mass is 9.66. The van der Waals surface area contributed by atoms with Crippen molar-refractivity contribution in [3.8, 4) is 0 Å². The molecule has 2 rings (SSSR count). The van der Waals surface area contributed by atoms with Crippen LogP contribution < -0.4 is 0 Å². The minimum Gasteiger partial charge on any atom is -0.393 e. The number of aliphatic hydroxyl groups is 1. The normalized spacial score (nSPS) is 44.2. The van der Waals surface area contributed by atoms with E-state index >= 15 is 0 Å². The minimum atomic E-state index is -1.47. The summed E-state index contributed by atoms with van der Waals surface area (Å²) in [5, 5.41) is 9.55. The predicted molar refractivity (Wildman–Crippen MR) is 78.0 cm³/mol. The first-order valence-electron chi connectivity index (χ1n) is 8.50. The van der Waals surface area contributed by atoms with Crippen molar-refractivity contribution in [2.24, 2.45) is 23.7 Å². The summed E-state index contributed by atoms with van der Waals surface area (Å²) in [5.41, 5.74) is 0. The second-order valence-corrected chi connectivity index (χ2v) is 7.10. The number of rotatable bonds is 4. The van der Waals surface area contributed by atoms with E-state index in [1.807, 2.05) is 0 Å². The Labute approximate surface area is 122 Å². The summed E-state index contributed by atoms with van der Waals surface area (Å²) in [4.78, 5) is 0. The maximum atomic E-state index is 14.4. The van der Waals surface area contributed by atoms with Crippen LogP contribution in [-0.4, -0.2) is 23.6 Å². The molecule has 20 heavy (non-hydrogen) atoms. The van der Waals surface area contributed by atoms with Crippen molar-refractivity contribution in [1.29, 1.82) is 0 Å². The Morgan fingerprint density at radius 1 is 1.00 bits per heavy atom. The quantitative estimate of drug-likeness (QED) is 0.796. The average molecular weight is 288 g/mol. The van der Waals surface area contributed by atoms with Crippen molar-refractivity contribution in [2.45, 2.75) is 83.7 Å². The number of hydrogen-bond donors (Lipinski definition) is 1. The Balaban J connectivity index is 1.88. The number of hydrogen-bond acceptors (Lipinski definition) is 1. The molecular weight excluding hydrogens is 258 g/mol. The molecule has 2 fully saturated rings. The minimum absolute atomic E-state index is 0.109. The monoisotopic (exact) mass is 288 g/mol. The summed E-state index contributed by atoms with van der Waals surface area (Å²) in [6, 6.07) is 0. The van der Waals surface area contributed by atoms with Crippen LogP contribution in [0.5, 0.6) is 0 Å². The summed E-state index contributed by atoms with van der Waals surface area (Å²) in [5.74, 6) is 0.566. The number of alkyl halides is 2. The molecule has 0 amide bonds. The lowest BCUT2D eigenvalue weighted by molar-refractivity contribution is -0.0494. The Morgan fingerprint density at radius 2 is 1.65 bits per heavy atom. The van der Waals surface area contributed by atoms with Gasteiger partial charge in [0.25, 0.3) is 0 Å². The fourth-order valence-electron chi connectivity index (χ4n) is 4.49. The van der Waals surface area contributed by atoms with Gasteiger partial charge in [-0.1, -0.05) is 32.6 Å². The van der Waals surface area contributed by atoms with Crippen LogP contribution in [0, 0.1) is 23.7 Å². The van der Waals surface area contributed by atoms with Crippen LogP contribution in [0.2, 0.25) is 0 Å². The maximum Gasteiger partial charge on any atom is 0.137 e. The van der Waals surface area contributed by atoms with E-state index in [-0.39, 0.29) is 5.92 Å². The molecular formula is C17H30F2O. The Bertz CT molecular complexity index is 287. The van der Waals surface area contributed by atoms with Gasteiger partial charge in [-0.05, 0) is 50.4 Å². The van der Waals surface area contributed by atoms with Crippen LogP contribution in [0.4, 0.5) is 8.78 Å². The zero-order chi connectivity index (χ0) is 14.7. The second kappa shape index (κ2) is 7.20.